The smallest absolute Gasteiger partial charge is 0.170 e. The van der Waals surface area contributed by atoms with Crippen molar-refractivity contribution in [1.82, 2.24) is 5.32 Å². The van der Waals surface area contributed by atoms with E-state index in [-0.39, 0.29) is 6.10 Å². The maximum Gasteiger partial charge on any atom is 0.170 e. The van der Waals surface area contributed by atoms with Gasteiger partial charge >= 0.3 is 0 Å². The summed E-state index contributed by atoms with van der Waals surface area (Å²) in [5.74, 6) is 0. The molecule has 0 atom stereocenters. The molecule has 3 nitrogen and oxygen atoms in total. The molecule has 0 amide bonds. The van der Waals surface area contributed by atoms with Gasteiger partial charge in [0.1, 0.15) is 0 Å². The number of rotatable bonds is 6. The van der Waals surface area contributed by atoms with Gasteiger partial charge in [-0.2, -0.15) is 0 Å². The lowest BCUT2D eigenvalue weighted by Crippen LogP contribution is -2.30. The second kappa shape index (κ2) is 8.45. The molecule has 0 bridgehead atoms. The molecule has 0 saturated heterocycles. The van der Waals surface area contributed by atoms with Crippen molar-refractivity contribution < 1.29 is 4.74 Å². The Bertz CT molecular complexity index is 440. The minimum Gasteiger partial charge on any atom is -0.379 e. The zero-order chi connectivity index (χ0) is 15.1. The van der Waals surface area contributed by atoms with Crippen LogP contribution in [0.5, 0.6) is 0 Å². The molecule has 0 radical (unpaired) electrons. The molecule has 0 fully saturated rings. The Balaban J connectivity index is 2.39. The van der Waals surface area contributed by atoms with Crippen LogP contribution < -0.4 is 10.6 Å². The Morgan fingerprint density at radius 2 is 2.05 bits per heavy atom. The Morgan fingerprint density at radius 1 is 1.35 bits per heavy atom. The lowest BCUT2D eigenvalue weighted by molar-refractivity contribution is 0.0777. The van der Waals surface area contributed by atoms with Gasteiger partial charge in [0.25, 0.3) is 0 Å². The van der Waals surface area contributed by atoms with Crippen molar-refractivity contribution in [2.75, 3.05) is 18.5 Å². The fourth-order valence-electron chi connectivity index (χ4n) is 1.82. The molecule has 1 aromatic carbocycles. The van der Waals surface area contributed by atoms with Gasteiger partial charge in [-0.1, -0.05) is 17.7 Å². The van der Waals surface area contributed by atoms with Crippen LogP contribution in [0.15, 0.2) is 12.1 Å². The molecule has 0 aliphatic carbocycles. The first kappa shape index (κ1) is 17.2. The van der Waals surface area contributed by atoms with Crippen LogP contribution in [0.4, 0.5) is 5.69 Å². The number of anilines is 1. The molecule has 1 aromatic rings. The molecular formula is C15H23ClN2OS. The molecule has 0 heterocycles. The number of nitrogens with one attached hydrogen (secondary N) is 2. The van der Waals surface area contributed by atoms with E-state index in [1.54, 1.807) is 0 Å². The highest BCUT2D eigenvalue weighted by atomic mass is 35.5. The van der Waals surface area contributed by atoms with Crippen molar-refractivity contribution in [3.8, 4) is 0 Å². The summed E-state index contributed by atoms with van der Waals surface area (Å²) in [5.41, 5.74) is 3.10. The third kappa shape index (κ3) is 6.07. The van der Waals surface area contributed by atoms with Gasteiger partial charge in [-0.25, -0.2) is 0 Å². The molecule has 5 heteroatoms. The van der Waals surface area contributed by atoms with Crippen LogP contribution in [0, 0.1) is 13.8 Å². The van der Waals surface area contributed by atoms with Crippen molar-refractivity contribution >= 4 is 34.6 Å². The topological polar surface area (TPSA) is 33.3 Å². The quantitative estimate of drug-likeness (QED) is 0.613. The Labute approximate surface area is 132 Å². The molecule has 0 aromatic heterocycles. The molecule has 0 unspecified atom stereocenters. The standard InChI is InChI=1S/C15H23ClN2OS/c1-10(2)19-7-5-6-17-15(20)18-14-12(4)8-11(3)9-13(14)16/h8-10H,5-7H2,1-4H3,(H2,17,18,20). The maximum absolute atomic E-state index is 6.23. The van der Waals surface area contributed by atoms with Gasteiger partial charge in [0.15, 0.2) is 5.11 Å². The normalized spacial score (nSPS) is 10.7. The fourth-order valence-corrected chi connectivity index (χ4v) is 2.40. The highest BCUT2D eigenvalue weighted by Gasteiger charge is 2.06. The number of benzene rings is 1. The molecule has 0 spiro atoms. The summed E-state index contributed by atoms with van der Waals surface area (Å²) in [6, 6.07) is 4.00. The molecule has 0 aliphatic heterocycles. The minimum atomic E-state index is 0.272. The lowest BCUT2D eigenvalue weighted by Gasteiger charge is -2.15. The van der Waals surface area contributed by atoms with E-state index < -0.39 is 0 Å². The average Bonchev–Trinajstić information content (AvgIpc) is 2.33. The second-order valence-electron chi connectivity index (χ2n) is 5.09. The Morgan fingerprint density at radius 3 is 2.65 bits per heavy atom. The van der Waals surface area contributed by atoms with Crippen LogP contribution in [0.1, 0.15) is 31.4 Å². The predicted molar refractivity (Wildman–Crippen MR) is 90.9 cm³/mol. The summed E-state index contributed by atoms with van der Waals surface area (Å²) < 4.78 is 5.47. The zero-order valence-electron chi connectivity index (χ0n) is 12.5. The summed E-state index contributed by atoms with van der Waals surface area (Å²) in [6.45, 7) is 9.61. The lowest BCUT2D eigenvalue weighted by atomic mass is 10.1. The van der Waals surface area contributed by atoms with E-state index in [4.69, 9.17) is 28.6 Å². The Kier molecular flexibility index (Phi) is 7.27. The van der Waals surface area contributed by atoms with E-state index in [0.29, 0.717) is 10.1 Å². The van der Waals surface area contributed by atoms with Crippen molar-refractivity contribution in [2.24, 2.45) is 0 Å². The van der Waals surface area contributed by atoms with Gasteiger partial charge in [0.2, 0.25) is 0 Å². The summed E-state index contributed by atoms with van der Waals surface area (Å²) in [4.78, 5) is 0. The zero-order valence-corrected chi connectivity index (χ0v) is 14.1. The average molecular weight is 315 g/mol. The Hall–Kier alpha value is -0.840. The van der Waals surface area contributed by atoms with Crippen LogP contribution in [-0.4, -0.2) is 24.4 Å². The van der Waals surface area contributed by atoms with Crippen LogP contribution >= 0.6 is 23.8 Å². The number of hydrogen-bond donors (Lipinski definition) is 2. The van der Waals surface area contributed by atoms with E-state index in [1.807, 2.05) is 33.8 Å². The van der Waals surface area contributed by atoms with Gasteiger partial charge < -0.3 is 15.4 Å². The largest absolute Gasteiger partial charge is 0.379 e. The molecule has 0 saturated carbocycles. The van der Waals surface area contributed by atoms with Crippen molar-refractivity contribution in [3.05, 3.63) is 28.3 Å². The first-order valence-corrected chi connectivity index (χ1v) is 7.62. The monoisotopic (exact) mass is 314 g/mol. The summed E-state index contributed by atoms with van der Waals surface area (Å²) in [5, 5.41) is 7.58. The molecule has 20 heavy (non-hydrogen) atoms. The van der Waals surface area contributed by atoms with Crippen molar-refractivity contribution in [2.45, 2.75) is 40.2 Å². The summed E-state index contributed by atoms with van der Waals surface area (Å²) in [6.07, 6.45) is 1.19. The van der Waals surface area contributed by atoms with E-state index in [1.165, 1.54) is 0 Å². The van der Waals surface area contributed by atoms with Crippen molar-refractivity contribution in [1.29, 1.82) is 0 Å². The van der Waals surface area contributed by atoms with E-state index in [9.17, 15) is 0 Å². The highest BCUT2D eigenvalue weighted by Crippen LogP contribution is 2.27. The van der Waals surface area contributed by atoms with E-state index in [0.717, 1.165) is 36.4 Å². The summed E-state index contributed by atoms with van der Waals surface area (Å²) >= 11 is 11.5. The number of halogens is 1. The van der Waals surface area contributed by atoms with Crippen LogP contribution in [0.25, 0.3) is 0 Å². The molecule has 112 valence electrons. The van der Waals surface area contributed by atoms with E-state index in [2.05, 4.69) is 16.7 Å². The van der Waals surface area contributed by atoms with Gasteiger partial charge in [-0.3, -0.25) is 0 Å². The van der Waals surface area contributed by atoms with Gasteiger partial charge in [-0.15, -0.1) is 0 Å². The number of ether oxygens (including phenoxy) is 1. The highest BCUT2D eigenvalue weighted by molar-refractivity contribution is 7.80. The van der Waals surface area contributed by atoms with E-state index >= 15 is 0 Å². The van der Waals surface area contributed by atoms with Gasteiger partial charge in [-0.05, 0) is 63.5 Å². The molecular weight excluding hydrogens is 292 g/mol. The molecule has 1 rings (SSSR count). The van der Waals surface area contributed by atoms with Crippen LogP contribution in [0.3, 0.4) is 0 Å². The first-order valence-electron chi connectivity index (χ1n) is 6.83. The third-order valence-corrected chi connectivity index (χ3v) is 3.27. The minimum absolute atomic E-state index is 0.272. The number of thiocarbonyl (C=S) groups is 1. The predicted octanol–water partition coefficient (Wildman–Crippen LogP) is 4.06. The number of aryl methyl sites for hydroxylation is 2. The third-order valence-electron chi connectivity index (χ3n) is 2.73. The maximum atomic E-state index is 6.23. The van der Waals surface area contributed by atoms with Crippen LogP contribution in [0.2, 0.25) is 5.02 Å². The molecule has 2 N–H and O–H groups in total. The summed E-state index contributed by atoms with van der Waals surface area (Å²) in [7, 11) is 0. The molecule has 0 aliphatic rings. The SMILES string of the molecule is Cc1cc(C)c(NC(=S)NCCCOC(C)C)c(Cl)c1. The fraction of sp³-hybridized carbons (Fsp3) is 0.533. The van der Waals surface area contributed by atoms with Gasteiger partial charge in [0.05, 0.1) is 16.8 Å². The second-order valence-corrected chi connectivity index (χ2v) is 5.91. The van der Waals surface area contributed by atoms with Crippen molar-refractivity contribution in [3.63, 3.8) is 0 Å². The first-order chi connectivity index (χ1) is 9.40. The van der Waals surface area contributed by atoms with Crippen LogP contribution in [-0.2, 0) is 4.74 Å². The van der Waals surface area contributed by atoms with Gasteiger partial charge in [0, 0.05) is 13.2 Å². The number of hydrogen-bond acceptors (Lipinski definition) is 2.